The third kappa shape index (κ3) is 5.45. The minimum absolute atomic E-state index is 0.0529. The van der Waals surface area contributed by atoms with Gasteiger partial charge in [-0.3, -0.25) is 4.39 Å². The molecular weight excluding hydrogens is 191 g/mol. The van der Waals surface area contributed by atoms with Crippen LogP contribution < -0.4 is 10.6 Å². The van der Waals surface area contributed by atoms with Crippen molar-refractivity contribution >= 4 is 0 Å². The van der Waals surface area contributed by atoms with Gasteiger partial charge in [0.25, 0.3) is 0 Å². The summed E-state index contributed by atoms with van der Waals surface area (Å²) in [6.07, 6.45) is 3.92. The lowest BCUT2D eigenvalue weighted by Crippen LogP contribution is -2.26. The SMILES string of the molecule is C=C(NC)NC/C(=C\C)C(CF)CCC. The van der Waals surface area contributed by atoms with Crippen LogP contribution in [-0.2, 0) is 0 Å². The summed E-state index contributed by atoms with van der Waals surface area (Å²) in [5, 5.41) is 6.02. The maximum Gasteiger partial charge on any atom is 0.0960 e. The van der Waals surface area contributed by atoms with E-state index in [0.717, 1.165) is 24.2 Å². The highest BCUT2D eigenvalue weighted by molar-refractivity contribution is 5.09. The van der Waals surface area contributed by atoms with Crippen LogP contribution in [0.5, 0.6) is 0 Å². The molecule has 0 aromatic carbocycles. The minimum Gasteiger partial charge on any atom is -0.375 e. The monoisotopic (exact) mass is 214 g/mol. The molecule has 0 spiro atoms. The van der Waals surface area contributed by atoms with E-state index in [1.54, 1.807) is 0 Å². The lowest BCUT2D eigenvalue weighted by Gasteiger charge is -2.18. The van der Waals surface area contributed by atoms with Gasteiger partial charge in [0.05, 0.1) is 12.5 Å². The first kappa shape index (κ1) is 14.0. The Labute approximate surface area is 92.6 Å². The average molecular weight is 214 g/mol. The van der Waals surface area contributed by atoms with E-state index in [-0.39, 0.29) is 12.6 Å². The number of allylic oxidation sites excluding steroid dienone is 1. The van der Waals surface area contributed by atoms with Gasteiger partial charge in [-0.05, 0) is 18.9 Å². The molecule has 0 fully saturated rings. The predicted octanol–water partition coefficient (Wildman–Crippen LogP) is 2.60. The van der Waals surface area contributed by atoms with Gasteiger partial charge in [-0.25, -0.2) is 0 Å². The van der Waals surface area contributed by atoms with Gasteiger partial charge in [-0.15, -0.1) is 0 Å². The quantitative estimate of drug-likeness (QED) is 0.607. The van der Waals surface area contributed by atoms with Gasteiger partial charge >= 0.3 is 0 Å². The van der Waals surface area contributed by atoms with E-state index >= 15 is 0 Å². The number of alkyl halides is 1. The molecule has 2 nitrogen and oxygen atoms in total. The summed E-state index contributed by atoms with van der Waals surface area (Å²) < 4.78 is 12.8. The van der Waals surface area contributed by atoms with E-state index in [1.807, 2.05) is 20.0 Å². The maximum atomic E-state index is 12.8. The zero-order valence-corrected chi connectivity index (χ0v) is 10.1. The molecule has 0 rings (SSSR count). The molecule has 0 amide bonds. The van der Waals surface area contributed by atoms with Crippen molar-refractivity contribution in [2.24, 2.45) is 5.92 Å². The van der Waals surface area contributed by atoms with Crippen LogP contribution in [0.3, 0.4) is 0 Å². The van der Waals surface area contributed by atoms with Crippen molar-refractivity contribution in [3.05, 3.63) is 24.0 Å². The molecule has 0 aliphatic heterocycles. The third-order valence-corrected chi connectivity index (χ3v) is 2.53. The van der Waals surface area contributed by atoms with Crippen LogP contribution in [0.1, 0.15) is 26.7 Å². The number of hydrogen-bond donors (Lipinski definition) is 2. The second-order valence-electron chi connectivity index (χ2n) is 3.59. The highest BCUT2D eigenvalue weighted by atomic mass is 19.1. The molecule has 88 valence electrons. The first-order chi connectivity index (χ1) is 7.19. The molecule has 0 saturated heterocycles. The van der Waals surface area contributed by atoms with Gasteiger partial charge in [0.1, 0.15) is 0 Å². The topological polar surface area (TPSA) is 24.1 Å². The van der Waals surface area contributed by atoms with Crippen LogP contribution in [0.25, 0.3) is 0 Å². The molecule has 0 saturated carbocycles. The molecule has 0 aromatic heterocycles. The first-order valence-electron chi connectivity index (χ1n) is 5.51. The summed E-state index contributed by atoms with van der Waals surface area (Å²) in [5.74, 6) is 0.820. The largest absolute Gasteiger partial charge is 0.375 e. The molecule has 15 heavy (non-hydrogen) atoms. The van der Waals surface area contributed by atoms with Crippen molar-refractivity contribution in [3.8, 4) is 0 Å². The highest BCUT2D eigenvalue weighted by Crippen LogP contribution is 2.17. The summed E-state index contributed by atoms with van der Waals surface area (Å²) in [6, 6.07) is 0. The van der Waals surface area contributed by atoms with Crippen molar-refractivity contribution in [3.63, 3.8) is 0 Å². The van der Waals surface area contributed by atoms with Gasteiger partial charge in [0, 0.05) is 19.5 Å². The lowest BCUT2D eigenvalue weighted by molar-refractivity contribution is 0.373. The zero-order valence-electron chi connectivity index (χ0n) is 10.1. The van der Waals surface area contributed by atoms with Crippen LogP contribution >= 0.6 is 0 Å². The third-order valence-electron chi connectivity index (χ3n) is 2.53. The normalized spacial score (nSPS) is 13.5. The van der Waals surface area contributed by atoms with Crippen LogP contribution in [0.15, 0.2) is 24.0 Å². The van der Waals surface area contributed by atoms with E-state index in [0.29, 0.717) is 6.54 Å². The van der Waals surface area contributed by atoms with Crippen molar-refractivity contribution in [1.29, 1.82) is 0 Å². The zero-order chi connectivity index (χ0) is 11.7. The fourth-order valence-electron chi connectivity index (χ4n) is 1.49. The standard InChI is InChI=1S/C12H23FN2/c1-5-7-12(8-13)11(6-2)9-15-10(3)14-4/h6,12,14-15H,3,5,7-9H2,1-2,4H3/b11-6+. The molecule has 0 aromatic rings. The summed E-state index contributed by atoms with van der Waals surface area (Å²) in [5.41, 5.74) is 1.12. The Morgan fingerprint density at radius 1 is 1.53 bits per heavy atom. The maximum absolute atomic E-state index is 12.8. The van der Waals surface area contributed by atoms with Crippen molar-refractivity contribution in [2.75, 3.05) is 20.3 Å². The minimum atomic E-state index is -0.277. The number of hydrogen-bond acceptors (Lipinski definition) is 2. The Hall–Kier alpha value is -0.990. The van der Waals surface area contributed by atoms with Crippen molar-refractivity contribution < 1.29 is 4.39 Å². The van der Waals surface area contributed by atoms with E-state index in [9.17, 15) is 4.39 Å². The number of nitrogens with one attached hydrogen (secondary N) is 2. The molecule has 0 aliphatic rings. The van der Waals surface area contributed by atoms with E-state index in [1.165, 1.54) is 0 Å². The van der Waals surface area contributed by atoms with Gasteiger partial charge in [-0.1, -0.05) is 26.0 Å². The molecular formula is C12H23FN2. The number of rotatable bonds is 8. The van der Waals surface area contributed by atoms with Gasteiger partial charge in [-0.2, -0.15) is 0 Å². The summed E-state index contributed by atoms with van der Waals surface area (Å²) in [7, 11) is 1.81. The second-order valence-corrected chi connectivity index (χ2v) is 3.59. The molecule has 2 N–H and O–H groups in total. The molecule has 0 bridgehead atoms. The second kappa shape index (κ2) is 8.33. The first-order valence-corrected chi connectivity index (χ1v) is 5.51. The van der Waals surface area contributed by atoms with Crippen LogP contribution in [0, 0.1) is 5.92 Å². The van der Waals surface area contributed by atoms with Gasteiger partial charge in [0.15, 0.2) is 0 Å². The van der Waals surface area contributed by atoms with Crippen LogP contribution in [-0.4, -0.2) is 20.3 Å². The van der Waals surface area contributed by atoms with E-state index < -0.39 is 0 Å². The molecule has 3 heteroatoms. The molecule has 1 atom stereocenters. The summed E-state index contributed by atoms with van der Waals surface area (Å²) >= 11 is 0. The Bertz CT molecular complexity index is 212. The highest BCUT2D eigenvalue weighted by Gasteiger charge is 2.12. The Morgan fingerprint density at radius 2 is 2.20 bits per heavy atom. The van der Waals surface area contributed by atoms with Gasteiger partial charge in [0.2, 0.25) is 0 Å². The molecule has 0 radical (unpaired) electrons. The lowest BCUT2D eigenvalue weighted by atomic mass is 9.95. The van der Waals surface area contributed by atoms with Gasteiger partial charge < -0.3 is 10.6 Å². The van der Waals surface area contributed by atoms with Crippen molar-refractivity contribution in [1.82, 2.24) is 10.6 Å². The molecule has 0 aliphatic carbocycles. The fraction of sp³-hybridized carbons (Fsp3) is 0.667. The number of halogens is 1. The van der Waals surface area contributed by atoms with Crippen LogP contribution in [0.4, 0.5) is 4.39 Å². The predicted molar refractivity (Wildman–Crippen MR) is 64.3 cm³/mol. The summed E-state index contributed by atoms with van der Waals surface area (Å²) in [4.78, 5) is 0. The average Bonchev–Trinajstić information content (AvgIpc) is 2.27. The molecule has 1 unspecified atom stereocenters. The van der Waals surface area contributed by atoms with E-state index in [4.69, 9.17) is 0 Å². The molecule has 0 heterocycles. The van der Waals surface area contributed by atoms with Crippen molar-refractivity contribution in [2.45, 2.75) is 26.7 Å². The Balaban J connectivity index is 4.16. The van der Waals surface area contributed by atoms with E-state index in [2.05, 4.69) is 24.1 Å². The smallest absolute Gasteiger partial charge is 0.0960 e. The Morgan fingerprint density at radius 3 is 2.60 bits per heavy atom. The Kier molecular flexibility index (Phi) is 7.78. The van der Waals surface area contributed by atoms with Crippen LogP contribution in [0.2, 0.25) is 0 Å². The summed E-state index contributed by atoms with van der Waals surface area (Å²) in [6.45, 7) is 8.20. The fourth-order valence-corrected chi connectivity index (χ4v) is 1.49.